The molecule has 0 aromatic heterocycles. The van der Waals surface area contributed by atoms with Crippen molar-refractivity contribution < 1.29 is 9.47 Å². The topological polar surface area (TPSA) is 18.5 Å². The van der Waals surface area contributed by atoms with Crippen molar-refractivity contribution >= 4 is 43.1 Å². The lowest BCUT2D eigenvalue weighted by molar-refractivity contribution is 0.362. The summed E-state index contributed by atoms with van der Waals surface area (Å²) in [5.74, 6) is 1.58. The Morgan fingerprint density at radius 2 is 0.885 bits per heavy atom. The molecule has 2 nitrogen and oxygen atoms in total. The molecule has 5 aromatic carbocycles. The number of fused-ring (bicyclic) bond motifs is 7. The molecule has 0 aliphatic heterocycles. The fourth-order valence-electron chi connectivity index (χ4n) is 4.11. The van der Waals surface area contributed by atoms with E-state index in [9.17, 15) is 0 Å². The lowest BCUT2D eigenvalue weighted by atomic mass is 9.92. The molecule has 0 amide bonds. The summed E-state index contributed by atoms with van der Waals surface area (Å²) in [4.78, 5) is 0. The first-order valence-electron chi connectivity index (χ1n) is 8.70. The minimum absolute atomic E-state index is 0.788. The van der Waals surface area contributed by atoms with Gasteiger partial charge in [-0.3, -0.25) is 0 Å². The molecule has 0 unspecified atom stereocenters. The van der Waals surface area contributed by atoms with Crippen LogP contribution in [0.3, 0.4) is 0 Å². The normalized spacial score (nSPS) is 11.5. The first-order valence-corrected chi connectivity index (χ1v) is 8.70. The monoisotopic (exact) mass is 338 g/mol. The van der Waals surface area contributed by atoms with Crippen molar-refractivity contribution in [2.75, 3.05) is 14.2 Å². The van der Waals surface area contributed by atoms with Crippen LogP contribution in [-0.2, 0) is 0 Å². The second-order valence-electron chi connectivity index (χ2n) is 6.49. The first kappa shape index (κ1) is 15.0. The Bertz CT molecular complexity index is 1200. The zero-order chi connectivity index (χ0) is 17.7. The summed E-state index contributed by atoms with van der Waals surface area (Å²) in [6, 6.07) is 25.6. The van der Waals surface area contributed by atoms with Crippen LogP contribution in [-0.4, -0.2) is 14.2 Å². The van der Waals surface area contributed by atoms with Crippen molar-refractivity contribution in [2.45, 2.75) is 0 Å². The van der Waals surface area contributed by atoms with E-state index in [2.05, 4.69) is 72.8 Å². The van der Waals surface area contributed by atoms with Crippen molar-refractivity contribution in [2.24, 2.45) is 0 Å². The van der Waals surface area contributed by atoms with Crippen LogP contribution in [0.5, 0.6) is 11.5 Å². The standard InChI is InChI=1S/C24H18O2/c1-25-23-19-13-11-15-7-3-5-9-17(15)21(19)22-18-10-6-4-8-16(18)12-14-20(22)24(23)26-2/h3-14H,1-2H3. The van der Waals surface area contributed by atoms with E-state index in [0.29, 0.717) is 0 Å². The van der Waals surface area contributed by atoms with E-state index < -0.39 is 0 Å². The number of ether oxygens (including phenoxy) is 2. The highest BCUT2D eigenvalue weighted by molar-refractivity contribution is 6.30. The molecule has 2 heteroatoms. The van der Waals surface area contributed by atoms with Crippen molar-refractivity contribution in [1.29, 1.82) is 0 Å². The number of hydrogen-bond acceptors (Lipinski definition) is 2. The van der Waals surface area contributed by atoms with Crippen molar-refractivity contribution in [3.8, 4) is 11.5 Å². The van der Waals surface area contributed by atoms with Gasteiger partial charge in [0.25, 0.3) is 0 Å². The third-order valence-electron chi connectivity index (χ3n) is 5.21. The molecule has 0 spiro atoms. The Morgan fingerprint density at radius 1 is 0.462 bits per heavy atom. The SMILES string of the molecule is COc1c(OC)c2ccc3ccccc3c2c2c1ccc1ccccc12. The van der Waals surface area contributed by atoms with Crippen LogP contribution in [0.25, 0.3) is 43.1 Å². The summed E-state index contributed by atoms with van der Waals surface area (Å²) in [6.07, 6.45) is 0. The minimum Gasteiger partial charge on any atom is -0.492 e. The zero-order valence-electron chi connectivity index (χ0n) is 14.7. The third-order valence-corrected chi connectivity index (χ3v) is 5.21. The maximum atomic E-state index is 5.79. The van der Waals surface area contributed by atoms with E-state index in [1.165, 1.54) is 32.3 Å². The summed E-state index contributed by atoms with van der Waals surface area (Å²) in [5.41, 5.74) is 0. The van der Waals surface area contributed by atoms with Gasteiger partial charge in [0.2, 0.25) is 0 Å². The van der Waals surface area contributed by atoms with Crippen molar-refractivity contribution in [1.82, 2.24) is 0 Å². The summed E-state index contributed by atoms with van der Waals surface area (Å²) in [7, 11) is 3.42. The van der Waals surface area contributed by atoms with E-state index in [4.69, 9.17) is 9.47 Å². The molecule has 0 heterocycles. The molecule has 5 aromatic rings. The second-order valence-corrected chi connectivity index (χ2v) is 6.49. The Balaban J connectivity index is 2.21. The molecule has 126 valence electrons. The maximum absolute atomic E-state index is 5.79. The molecule has 0 bridgehead atoms. The Morgan fingerprint density at radius 3 is 1.31 bits per heavy atom. The van der Waals surface area contributed by atoms with Crippen LogP contribution >= 0.6 is 0 Å². The predicted octanol–water partition coefficient (Wildman–Crippen LogP) is 6.32. The van der Waals surface area contributed by atoms with Gasteiger partial charge < -0.3 is 9.47 Å². The summed E-state index contributed by atoms with van der Waals surface area (Å²) in [6.45, 7) is 0. The highest BCUT2D eigenvalue weighted by Gasteiger charge is 2.19. The second kappa shape index (κ2) is 5.63. The molecule has 0 fully saturated rings. The van der Waals surface area contributed by atoms with Gasteiger partial charge in [0.1, 0.15) is 0 Å². The largest absolute Gasteiger partial charge is 0.492 e. The van der Waals surface area contributed by atoms with E-state index in [1.54, 1.807) is 14.2 Å². The zero-order valence-corrected chi connectivity index (χ0v) is 14.7. The van der Waals surface area contributed by atoms with Gasteiger partial charge in [0.05, 0.1) is 14.2 Å². The number of rotatable bonds is 2. The highest BCUT2D eigenvalue weighted by atomic mass is 16.5. The van der Waals surface area contributed by atoms with Crippen molar-refractivity contribution in [3.63, 3.8) is 0 Å². The fourth-order valence-corrected chi connectivity index (χ4v) is 4.11. The molecule has 0 radical (unpaired) electrons. The smallest absolute Gasteiger partial charge is 0.169 e. The van der Waals surface area contributed by atoms with Crippen LogP contribution in [0.1, 0.15) is 0 Å². The summed E-state index contributed by atoms with van der Waals surface area (Å²) >= 11 is 0. The number of benzene rings is 5. The van der Waals surface area contributed by atoms with Gasteiger partial charge in [-0.15, -0.1) is 0 Å². The summed E-state index contributed by atoms with van der Waals surface area (Å²) in [5, 5.41) is 9.49. The molecule has 0 aliphatic carbocycles. The minimum atomic E-state index is 0.788. The molecular formula is C24H18O2. The van der Waals surface area contributed by atoms with Gasteiger partial charge in [0.15, 0.2) is 11.5 Å². The average molecular weight is 338 g/mol. The first-order chi connectivity index (χ1) is 12.8. The van der Waals surface area contributed by atoms with Crippen LogP contribution in [0, 0.1) is 0 Å². The van der Waals surface area contributed by atoms with Gasteiger partial charge in [0, 0.05) is 21.5 Å². The number of methoxy groups -OCH3 is 2. The van der Waals surface area contributed by atoms with Gasteiger partial charge in [-0.2, -0.15) is 0 Å². The van der Waals surface area contributed by atoms with Gasteiger partial charge in [-0.05, 0) is 33.7 Å². The molecule has 0 saturated carbocycles. The van der Waals surface area contributed by atoms with Gasteiger partial charge in [-0.1, -0.05) is 60.7 Å². The average Bonchev–Trinajstić information content (AvgIpc) is 2.71. The lowest BCUT2D eigenvalue weighted by Crippen LogP contribution is -1.95. The van der Waals surface area contributed by atoms with Gasteiger partial charge >= 0.3 is 0 Å². The van der Waals surface area contributed by atoms with Crippen molar-refractivity contribution in [3.05, 3.63) is 72.8 Å². The molecule has 0 saturated heterocycles. The van der Waals surface area contributed by atoms with Crippen LogP contribution in [0.15, 0.2) is 72.8 Å². The van der Waals surface area contributed by atoms with Crippen LogP contribution < -0.4 is 9.47 Å². The molecule has 5 rings (SSSR count). The fraction of sp³-hybridized carbons (Fsp3) is 0.0833. The van der Waals surface area contributed by atoms with Gasteiger partial charge in [-0.25, -0.2) is 0 Å². The highest BCUT2D eigenvalue weighted by Crippen LogP contribution is 2.47. The van der Waals surface area contributed by atoms with E-state index in [1.807, 2.05) is 0 Å². The lowest BCUT2D eigenvalue weighted by Gasteiger charge is -2.18. The maximum Gasteiger partial charge on any atom is 0.169 e. The Hall–Kier alpha value is -3.26. The molecule has 0 aliphatic rings. The van der Waals surface area contributed by atoms with E-state index >= 15 is 0 Å². The molecule has 26 heavy (non-hydrogen) atoms. The van der Waals surface area contributed by atoms with E-state index in [0.717, 1.165) is 22.3 Å². The number of hydrogen-bond donors (Lipinski definition) is 0. The molecular weight excluding hydrogens is 320 g/mol. The van der Waals surface area contributed by atoms with Crippen LogP contribution in [0.2, 0.25) is 0 Å². The predicted molar refractivity (Wildman–Crippen MR) is 110 cm³/mol. The Kier molecular flexibility index (Phi) is 3.26. The Labute approximate surface area is 151 Å². The molecule has 0 N–H and O–H groups in total. The molecule has 0 atom stereocenters. The van der Waals surface area contributed by atoms with Crippen LogP contribution in [0.4, 0.5) is 0 Å². The summed E-state index contributed by atoms with van der Waals surface area (Å²) < 4.78 is 11.6. The quantitative estimate of drug-likeness (QED) is 0.351. The van der Waals surface area contributed by atoms with E-state index in [-0.39, 0.29) is 0 Å². The third kappa shape index (κ3) is 1.93.